The minimum atomic E-state index is -0.577. The zero-order chi connectivity index (χ0) is 24.7. The highest BCUT2D eigenvalue weighted by Gasteiger charge is 2.36. The largest absolute Gasteiger partial charge is 0.497 e. The lowest BCUT2D eigenvalue weighted by molar-refractivity contribution is -0.384. The van der Waals surface area contributed by atoms with Crippen LogP contribution in [0.3, 0.4) is 0 Å². The lowest BCUT2D eigenvalue weighted by atomic mass is 9.91. The van der Waals surface area contributed by atoms with Gasteiger partial charge in [-0.1, -0.05) is 23.7 Å². The van der Waals surface area contributed by atoms with Crippen LogP contribution in [0.5, 0.6) is 11.5 Å². The van der Waals surface area contributed by atoms with E-state index in [0.29, 0.717) is 29.8 Å². The number of nitrogens with zero attached hydrogens (tertiary/aromatic N) is 2. The van der Waals surface area contributed by atoms with Gasteiger partial charge in [0.25, 0.3) is 11.6 Å². The number of ether oxygens (including phenoxy) is 2. The van der Waals surface area contributed by atoms with Gasteiger partial charge in [0, 0.05) is 34.8 Å². The Morgan fingerprint density at radius 2 is 1.86 bits per heavy atom. The van der Waals surface area contributed by atoms with E-state index in [2.05, 4.69) is 4.98 Å². The highest BCUT2D eigenvalue weighted by atomic mass is 35.5. The van der Waals surface area contributed by atoms with Gasteiger partial charge < -0.3 is 19.4 Å². The van der Waals surface area contributed by atoms with Crippen LogP contribution in [0.25, 0.3) is 10.9 Å². The summed E-state index contributed by atoms with van der Waals surface area (Å²) in [6.45, 7) is 0.425. The number of benzene rings is 3. The third-order valence-corrected chi connectivity index (χ3v) is 6.71. The molecule has 178 valence electrons. The normalized spacial score (nSPS) is 15.1. The van der Waals surface area contributed by atoms with Crippen molar-refractivity contribution >= 4 is 34.1 Å². The zero-order valence-electron chi connectivity index (χ0n) is 19.1. The van der Waals surface area contributed by atoms with Crippen molar-refractivity contribution in [1.29, 1.82) is 0 Å². The maximum absolute atomic E-state index is 13.7. The lowest BCUT2D eigenvalue weighted by Gasteiger charge is -2.36. The molecule has 8 nitrogen and oxygen atoms in total. The first-order chi connectivity index (χ1) is 16.9. The van der Waals surface area contributed by atoms with E-state index in [1.165, 1.54) is 12.1 Å². The first kappa shape index (κ1) is 22.7. The number of aromatic nitrogens is 1. The summed E-state index contributed by atoms with van der Waals surface area (Å²) < 4.78 is 10.7. The fourth-order valence-electron chi connectivity index (χ4n) is 4.72. The van der Waals surface area contributed by atoms with Gasteiger partial charge in [0.15, 0.2) is 0 Å². The van der Waals surface area contributed by atoms with Gasteiger partial charge in [0.1, 0.15) is 16.5 Å². The Bertz CT molecular complexity index is 1460. The SMILES string of the molecule is COc1cccc(C(=O)N2CCc3c([nH]c4ccc(OC)cc34)C2c2ccc(Cl)c([N+](=O)[O-])c2)c1. The molecule has 5 rings (SSSR count). The molecule has 4 aromatic rings. The third kappa shape index (κ3) is 3.95. The summed E-state index contributed by atoms with van der Waals surface area (Å²) in [5, 5.41) is 12.7. The maximum Gasteiger partial charge on any atom is 0.288 e. The van der Waals surface area contributed by atoms with Gasteiger partial charge >= 0.3 is 0 Å². The molecule has 0 bridgehead atoms. The summed E-state index contributed by atoms with van der Waals surface area (Å²) in [7, 11) is 3.16. The van der Waals surface area contributed by atoms with Crippen molar-refractivity contribution in [1.82, 2.24) is 9.88 Å². The van der Waals surface area contributed by atoms with Crippen molar-refractivity contribution in [3.8, 4) is 11.5 Å². The Balaban J connectivity index is 1.69. The molecule has 1 amide bonds. The number of hydrogen-bond acceptors (Lipinski definition) is 5. The van der Waals surface area contributed by atoms with Crippen LogP contribution in [0.4, 0.5) is 5.69 Å². The molecule has 1 aliphatic heterocycles. The average molecular weight is 492 g/mol. The van der Waals surface area contributed by atoms with E-state index in [1.54, 1.807) is 49.5 Å². The fourth-order valence-corrected chi connectivity index (χ4v) is 4.91. The van der Waals surface area contributed by atoms with Crippen LogP contribution in [0.1, 0.15) is 33.2 Å². The summed E-state index contributed by atoms with van der Waals surface area (Å²) in [5.74, 6) is 1.10. The van der Waals surface area contributed by atoms with Gasteiger partial charge in [-0.3, -0.25) is 14.9 Å². The van der Waals surface area contributed by atoms with Crippen LogP contribution in [0.15, 0.2) is 60.7 Å². The van der Waals surface area contributed by atoms with Gasteiger partial charge in [-0.25, -0.2) is 0 Å². The Morgan fingerprint density at radius 3 is 2.60 bits per heavy atom. The van der Waals surface area contributed by atoms with E-state index in [4.69, 9.17) is 21.1 Å². The highest BCUT2D eigenvalue weighted by Crippen LogP contribution is 2.41. The monoisotopic (exact) mass is 491 g/mol. The van der Waals surface area contributed by atoms with Gasteiger partial charge in [0.05, 0.1) is 25.2 Å². The van der Waals surface area contributed by atoms with Crippen molar-refractivity contribution in [3.63, 3.8) is 0 Å². The smallest absolute Gasteiger partial charge is 0.288 e. The van der Waals surface area contributed by atoms with Crippen molar-refractivity contribution < 1.29 is 19.2 Å². The van der Waals surface area contributed by atoms with Crippen LogP contribution in [-0.4, -0.2) is 41.5 Å². The number of aromatic amines is 1. The molecule has 1 atom stereocenters. The summed E-state index contributed by atoms with van der Waals surface area (Å²) in [6, 6.07) is 16.8. The first-order valence-electron chi connectivity index (χ1n) is 11.0. The topological polar surface area (TPSA) is 97.7 Å². The number of halogens is 1. The number of methoxy groups -OCH3 is 2. The van der Waals surface area contributed by atoms with Crippen molar-refractivity contribution in [2.75, 3.05) is 20.8 Å². The molecule has 1 N–H and O–H groups in total. The second-order valence-corrected chi connectivity index (χ2v) is 8.69. The standard InChI is InChI=1S/C26H22ClN3O5/c1-34-17-5-3-4-16(12-17)26(31)29-11-10-19-20-14-18(35-2)7-9-22(20)28-24(19)25(29)15-6-8-21(27)23(13-15)30(32)33/h3-9,12-14,25,28H,10-11H2,1-2H3. The van der Waals surface area contributed by atoms with Gasteiger partial charge in [0.2, 0.25) is 0 Å². The molecule has 9 heteroatoms. The van der Waals surface area contributed by atoms with E-state index >= 15 is 0 Å². The number of fused-ring (bicyclic) bond motifs is 3. The number of amides is 1. The average Bonchev–Trinajstić information content (AvgIpc) is 3.25. The predicted molar refractivity (Wildman–Crippen MR) is 133 cm³/mol. The summed E-state index contributed by atoms with van der Waals surface area (Å²) in [6.07, 6.45) is 0.615. The van der Waals surface area contributed by atoms with E-state index in [9.17, 15) is 14.9 Å². The molecule has 0 fully saturated rings. The molecule has 0 saturated heterocycles. The molecular formula is C26H22ClN3O5. The second-order valence-electron chi connectivity index (χ2n) is 8.28. The predicted octanol–water partition coefficient (Wildman–Crippen LogP) is 5.53. The van der Waals surface area contributed by atoms with Crippen LogP contribution in [-0.2, 0) is 6.42 Å². The summed E-state index contributed by atoms with van der Waals surface area (Å²) in [5.41, 5.74) is 3.63. The Labute approximate surface area is 206 Å². The lowest BCUT2D eigenvalue weighted by Crippen LogP contribution is -2.40. The molecule has 0 radical (unpaired) electrons. The minimum absolute atomic E-state index is 0.0434. The molecule has 0 spiro atoms. The van der Waals surface area contributed by atoms with Crippen LogP contribution in [0, 0.1) is 10.1 Å². The second kappa shape index (κ2) is 8.96. The molecule has 1 unspecified atom stereocenters. The molecule has 2 heterocycles. The zero-order valence-corrected chi connectivity index (χ0v) is 19.8. The molecule has 1 aromatic heterocycles. The van der Waals surface area contributed by atoms with Gasteiger partial charge in [-0.2, -0.15) is 0 Å². The summed E-state index contributed by atoms with van der Waals surface area (Å²) in [4.78, 5) is 30.0. The Morgan fingerprint density at radius 1 is 1.09 bits per heavy atom. The molecule has 35 heavy (non-hydrogen) atoms. The van der Waals surface area contributed by atoms with E-state index in [1.807, 2.05) is 18.2 Å². The van der Waals surface area contributed by atoms with Crippen molar-refractivity contribution in [3.05, 3.63) is 98.2 Å². The van der Waals surface area contributed by atoms with Gasteiger partial charge in [-0.05, 0) is 60.0 Å². The number of nitrogens with one attached hydrogen (secondary N) is 1. The molecule has 0 saturated carbocycles. The maximum atomic E-state index is 13.7. The number of hydrogen-bond donors (Lipinski definition) is 1. The van der Waals surface area contributed by atoms with E-state index in [0.717, 1.165) is 27.9 Å². The van der Waals surface area contributed by atoms with Crippen molar-refractivity contribution in [2.45, 2.75) is 12.5 Å². The van der Waals surface area contributed by atoms with E-state index in [-0.39, 0.29) is 16.6 Å². The quantitative estimate of drug-likeness (QED) is 0.292. The van der Waals surface area contributed by atoms with E-state index < -0.39 is 11.0 Å². The number of carbonyl (C=O) groups excluding carboxylic acids is 1. The van der Waals surface area contributed by atoms with Crippen LogP contribution < -0.4 is 9.47 Å². The van der Waals surface area contributed by atoms with Crippen LogP contribution in [0.2, 0.25) is 5.02 Å². The number of nitro benzene ring substituents is 1. The number of nitro groups is 1. The highest BCUT2D eigenvalue weighted by molar-refractivity contribution is 6.32. The molecule has 1 aliphatic rings. The Hall–Kier alpha value is -4.04. The Kier molecular flexibility index (Phi) is 5.82. The fraction of sp³-hybridized carbons (Fsp3) is 0.192. The van der Waals surface area contributed by atoms with Gasteiger partial charge in [-0.15, -0.1) is 0 Å². The first-order valence-corrected chi connectivity index (χ1v) is 11.4. The number of rotatable bonds is 5. The van der Waals surface area contributed by atoms with Crippen LogP contribution >= 0.6 is 11.6 Å². The minimum Gasteiger partial charge on any atom is -0.497 e. The molecule has 3 aromatic carbocycles. The number of H-pyrrole nitrogens is 1. The molecular weight excluding hydrogens is 470 g/mol. The third-order valence-electron chi connectivity index (χ3n) is 6.39. The number of carbonyl (C=O) groups is 1. The summed E-state index contributed by atoms with van der Waals surface area (Å²) >= 11 is 6.10. The van der Waals surface area contributed by atoms with Crippen molar-refractivity contribution in [2.24, 2.45) is 0 Å². The molecule has 0 aliphatic carbocycles.